The van der Waals surface area contributed by atoms with E-state index in [0.717, 1.165) is 19.4 Å². The lowest BCUT2D eigenvalue weighted by atomic mass is 10.1. The Balaban J connectivity index is 1.44. The quantitative estimate of drug-likeness (QED) is 0.573. The molecule has 1 aliphatic rings. The minimum atomic E-state index is -1.00. The van der Waals surface area contributed by atoms with Gasteiger partial charge in [-0.05, 0) is 54.8 Å². The number of rotatable bonds is 7. The molecule has 2 aromatic carbocycles. The van der Waals surface area contributed by atoms with Crippen molar-refractivity contribution in [3.63, 3.8) is 0 Å². The molecule has 8 heteroatoms. The Morgan fingerprint density at radius 2 is 1.62 bits per heavy atom. The summed E-state index contributed by atoms with van der Waals surface area (Å²) in [6.07, 6.45) is 2.19. The van der Waals surface area contributed by atoms with Gasteiger partial charge in [-0.3, -0.25) is 4.79 Å². The first-order chi connectivity index (χ1) is 14.0. The largest absolute Gasteiger partial charge is 0.478 e. The van der Waals surface area contributed by atoms with E-state index in [1.807, 2.05) is 0 Å². The minimum Gasteiger partial charge on any atom is -0.478 e. The molecule has 3 rings (SSSR count). The van der Waals surface area contributed by atoms with E-state index in [-0.39, 0.29) is 30.0 Å². The van der Waals surface area contributed by atoms with Crippen molar-refractivity contribution in [1.29, 1.82) is 0 Å². The van der Waals surface area contributed by atoms with E-state index in [2.05, 4.69) is 16.0 Å². The molecule has 8 nitrogen and oxygen atoms in total. The van der Waals surface area contributed by atoms with Crippen LogP contribution in [0.1, 0.15) is 28.8 Å². The van der Waals surface area contributed by atoms with Crippen LogP contribution in [0, 0.1) is 0 Å². The molecule has 4 N–H and O–H groups in total. The lowest BCUT2D eigenvalue weighted by molar-refractivity contribution is -0.115. The number of anilines is 2. The van der Waals surface area contributed by atoms with Crippen LogP contribution in [0.2, 0.25) is 0 Å². The Kier molecular flexibility index (Phi) is 6.80. The number of hydrogen-bond acceptors (Lipinski definition) is 4. The lowest BCUT2D eigenvalue weighted by Gasteiger charge is -2.12. The van der Waals surface area contributed by atoms with Gasteiger partial charge >= 0.3 is 12.0 Å². The first-order valence-corrected chi connectivity index (χ1v) is 9.38. The van der Waals surface area contributed by atoms with Gasteiger partial charge < -0.3 is 25.8 Å². The van der Waals surface area contributed by atoms with Crippen LogP contribution in [0.15, 0.2) is 48.5 Å². The predicted molar refractivity (Wildman–Crippen MR) is 108 cm³/mol. The normalized spacial score (nSPS) is 15.5. The van der Waals surface area contributed by atoms with Crippen molar-refractivity contribution in [2.75, 3.05) is 23.8 Å². The minimum absolute atomic E-state index is 0.0821. The first kappa shape index (κ1) is 20.3. The molecule has 1 unspecified atom stereocenters. The summed E-state index contributed by atoms with van der Waals surface area (Å²) in [6.45, 7) is 1.22. The fourth-order valence-corrected chi connectivity index (χ4v) is 2.98. The number of carbonyl (C=O) groups is 3. The number of carboxylic acids is 1. The second kappa shape index (κ2) is 9.70. The predicted octanol–water partition coefficient (Wildman–Crippen LogP) is 2.87. The van der Waals surface area contributed by atoms with Gasteiger partial charge in [0.1, 0.15) is 0 Å². The van der Waals surface area contributed by atoms with E-state index in [0.29, 0.717) is 23.5 Å². The van der Waals surface area contributed by atoms with Crippen LogP contribution >= 0.6 is 0 Å². The van der Waals surface area contributed by atoms with Gasteiger partial charge in [-0.25, -0.2) is 9.59 Å². The van der Waals surface area contributed by atoms with Gasteiger partial charge in [0.2, 0.25) is 5.91 Å². The number of amides is 3. The molecule has 1 heterocycles. The highest BCUT2D eigenvalue weighted by molar-refractivity contribution is 5.93. The molecule has 1 aliphatic heterocycles. The molecule has 2 aromatic rings. The number of nitrogens with one attached hydrogen (secondary N) is 3. The lowest BCUT2D eigenvalue weighted by Crippen LogP contribution is -2.35. The van der Waals surface area contributed by atoms with Crippen molar-refractivity contribution in [3.05, 3.63) is 59.7 Å². The Labute approximate surface area is 168 Å². The number of ether oxygens (including phenoxy) is 1. The number of urea groups is 1. The van der Waals surface area contributed by atoms with Gasteiger partial charge in [-0.2, -0.15) is 0 Å². The molecule has 1 fully saturated rings. The fourth-order valence-electron chi connectivity index (χ4n) is 2.98. The highest BCUT2D eigenvalue weighted by atomic mass is 16.5. The van der Waals surface area contributed by atoms with Crippen LogP contribution in [0.5, 0.6) is 0 Å². The van der Waals surface area contributed by atoms with Crippen LogP contribution in [0.3, 0.4) is 0 Å². The van der Waals surface area contributed by atoms with E-state index >= 15 is 0 Å². The van der Waals surface area contributed by atoms with E-state index in [1.54, 1.807) is 36.4 Å². The van der Waals surface area contributed by atoms with Crippen LogP contribution in [-0.2, 0) is 16.0 Å². The van der Waals surface area contributed by atoms with E-state index in [1.165, 1.54) is 12.1 Å². The maximum Gasteiger partial charge on any atom is 0.335 e. The van der Waals surface area contributed by atoms with Crippen molar-refractivity contribution in [2.24, 2.45) is 0 Å². The van der Waals surface area contributed by atoms with Gasteiger partial charge in [0, 0.05) is 24.5 Å². The van der Waals surface area contributed by atoms with Crippen LogP contribution < -0.4 is 16.0 Å². The molecule has 152 valence electrons. The van der Waals surface area contributed by atoms with Gasteiger partial charge in [-0.15, -0.1) is 0 Å². The smallest absolute Gasteiger partial charge is 0.335 e. The number of carboxylic acid groups (broad SMARTS) is 1. The molecule has 1 saturated heterocycles. The first-order valence-electron chi connectivity index (χ1n) is 9.38. The standard InChI is InChI=1S/C21H23N3O5/c25-19(12-14-3-5-15(6-4-14)20(26)27)23-16-7-9-17(10-8-16)24-21(28)22-13-18-2-1-11-29-18/h3-10,18H,1-2,11-13H2,(H,23,25)(H,26,27)(H2,22,24,28). The zero-order chi connectivity index (χ0) is 20.6. The molecule has 0 aliphatic carbocycles. The van der Waals surface area contributed by atoms with Crippen LogP contribution in [0.25, 0.3) is 0 Å². The van der Waals surface area contributed by atoms with Crippen LogP contribution in [0.4, 0.5) is 16.2 Å². The van der Waals surface area contributed by atoms with Gasteiger partial charge in [-0.1, -0.05) is 12.1 Å². The average molecular weight is 397 g/mol. The summed E-state index contributed by atoms with van der Waals surface area (Å²) in [5.74, 6) is -1.22. The monoisotopic (exact) mass is 397 g/mol. The molecule has 0 bridgehead atoms. The maximum atomic E-state index is 12.2. The third-order valence-corrected chi connectivity index (χ3v) is 4.51. The van der Waals surface area contributed by atoms with Gasteiger partial charge in [0.25, 0.3) is 0 Å². The van der Waals surface area contributed by atoms with E-state index < -0.39 is 5.97 Å². The van der Waals surface area contributed by atoms with Crippen molar-refractivity contribution in [3.8, 4) is 0 Å². The maximum absolute atomic E-state index is 12.2. The molecule has 1 atom stereocenters. The number of aromatic carboxylic acids is 1. The zero-order valence-corrected chi connectivity index (χ0v) is 15.8. The summed E-state index contributed by atoms with van der Waals surface area (Å²) in [5, 5.41) is 17.2. The molecule has 3 amide bonds. The third kappa shape index (κ3) is 6.32. The Morgan fingerprint density at radius 3 is 2.21 bits per heavy atom. The molecule has 0 saturated carbocycles. The fraction of sp³-hybridized carbons (Fsp3) is 0.286. The van der Waals surface area contributed by atoms with Crippen molar-refractivity contribution in [1.82, 2.24) is 5.32 Å². The van der Waals surface area contributed by atoms with Crippen molar-refractivity contribution < 1.29 is 24.2 Å². The molecular formula is C21H23N3O5. The summed E-state index contributed by atoms with van der Waals surface area (Å²) < 4.78 is 5.46. The Morgan fingerprint density at radius 1 is 0.966 bits per heavy atom. The molecule has 29 heavy (non-hydrogen) atoms. The van der Waals surface area contributed by atoms with Crippen LogP contribution in [-0.4, -0.2) is 42.3 Å². The molecular weight excluding hydrogens is 374 g/mol. The average Bonchev–Trinajstić information content (AvgIpc) is 3.22. The second-order valence-electron chi connectivity index (χ2n) is 6.77. The number of carbonyl (C=O) groups excluding carboxylic acids is 2. The summed E-state index contributed by atoms with van der Waals surface area (Å²) in [4.78, 5) is 34.9. The number of hydrogen-bond donors (Lipinski definition) is 4. The summed E-state index contributed by atoms with van der Waals surface area (Å²) >= 11 is 0. The highest BCUT2D eigenvalue weighted by Gasteiger charge is 2.16. The van der Waals surface area contributed by atoms with Crippen molar-refractivity contribution in [2.45, 2.75) is 25.4 Å². The molecule has 0 spiro atoms. The number of benzene rings is 2. The third-order valence-electron chi connectivity index (χ3n) is 4.51. The molecule has 0 radical (unpaired) electrons. The Hall–Kier alpha value is -3.39. The molecule has 0 aromatic heterocycles. The SMILES string of the molecule is O=C(Cc1ccc(C(=O)O)cc1)Nc1ccc(NC(=O)NCC2CCCO2)cc1. The summed E-state index contributed by atoms with van der Waals surface area (Å²) in [7, 11) is 0. The van der Waals surface area contributed by atoms with E-state index in [9.17, 15) is 14.4 Å². The van der Waals surface area contributed by atoms with Gasteiger partial charge in [0.05, 0.1) is 18.1 Å². The zero-order valence-electron chi connectivity index (χ0n) is 15.8. The highest BCUT2D eigenvalue weighted by Crippen LogP contribution is 2.15. The van der Waals surface area contributed by atoms with Gasteiger partial charge in [0.15, 0.2) is 0 Å². The summed E-state index contributed by atoms with van der Waals surface area (Å²) in [5.41, 5.74) is 2.10. The summed E-state index contributed by atoms with van der Waals surface area (Å²) in [6, 6.07) is 12.6. The van der Waals surface area contributed by atoms with E-state index in [4.69, 9.17) is 9.84 Å². The van der Waals surface area contributed by atoms with Crippen molar-refractivity contribution >= 4 is 29.3 Å². The Bertz CT molecular complexity index is 859. The second-order valence-corrected chi connectivity index (χ2v) is 6.77. The topological polar surface area (TPSA) is 117 Å².